The van der Waals surface area contributed by atoms with Gasteiger partial charge in [0.2, 0.25) is 0 Å². The van der Waals surface area contributed by atoms with E-state index in [0.717, 1.165) is 25.9 Å². The van der Waals surface area contributed by atoms with Gasteiger partial charge in [-0.3, -0.25) is 4.90 Å². The van der Waals surface area contributed by atoms with Gasteiger partial charge in [0.25, 0.3) is 0 Å². The highest BCUT2D eigenvalue weighted by Gasteiger charge is 2.16. The first-order valence-corrected chi connectivity index (χ1v) is 4.19. The Labute approximate surface area is 66.2 Å². The summed E-state index contributed by atoms with van der Waals surface area (Å²) in [6.07, 6.45) is 2.21. The van der Waals surface area contributed by atoms with E-state index in [1.165, 1.54) is 0 Å². The van der Waals surface area contributed by atoms with Crippen molar-refractivity contribution in [3.05, 3.63) is 0 Å². The number of piperidine rings is 1. The van der Waals surface area contributed by atoms with Crippen molar-refractivity contribution in [1.82, 2.24) is 4.90 Å². The molecule has 0 aromatic rings. The summed E-state index contributed by atoms with van der Waals surface area (Å²) in [5, 5.41) is 0.250. The van der Waals surface area contributed by atoms with Crippen LogP contribution >= 0.6 is 11.6 Å². The fourth-order valence-electron chi connectivity index (χ4n) is 1.32. The van der Waals surface area contributed by atoms with Gasteiger partial charge in [0.15, 0.2) is 0 Å². The van der Waals surface area contributed by atoms with Crippen LogP contribution in [0.5, 0.6) is 0 Å². The maximum absolute atomic E-state index is 11.8. The molecule has 1 aliphatic heterocycles. The van der Waals surface area contributed by atoms with Gasteiger partial charge in [0.1, 0.15) is 6.67 Å². The van der Waals surface area contributed by atoms with Gasteiger partial charge in [-0.05, 0) is 19.4 Å². The van der Waals surface area contributed by atoms with Crippen LogP contribution in [0.1, 0.15) is 12.8 Å². The second-order valence-electron chi connectivity index (χ2n) is 2.73. The number of rotatable bonds is 2. The molecule has 0 aliphatic carbocycles. The van der Waals surface area contributed by atoms with Crippen molar-refractivity contribution >= 4 is 11.6 Å². The maximum atomic E-state index is 11.8. The molecular formula is C7H13ClFN. The van der Waals surface area contributed by atoms with Gasteiger partial charge < -0.3 is 0 Å². The van der Waals surface area contributed by atoms with Gasteiger partial charge in [-0.25, -0.2) is 4.39 Å². The molecule has 0 aromatic carbocycles. The normalized spacial score (nSPS) is 28.8. The smallest absolute Gasteiger partial charge is 0.102 e. The molecule has 3 heteroatoms. The van der Waals surface area contributed by atoms with Gasteiger partial charge in [-0.15, -0.1) is 11.6 Å². The molecule has 1 atom stereocenters. The highest BCUT2D eigenvalue weighted by molar-refractivity contribution is 6.20. The Balaban J connectivity index is 2.18. The first-order valence-electron chi connectivity index (χ1n) is 3.75. The fraction of sp³-hybridized carbons (Fsp3) is 1.00. The summed E-state index contributed by atoms with van der Waals surface area (Å²) in [5.74, 6) is 0. The van der Waals surface area contributed by atoms with Crippen LogP contribution in [0.2, 0.25) is 0 Å². The van der Waals surface area contributed by atoms with Crippen molar-refractivity contribution < 1.29 is 4.39 Å². The molecule has 0 spiro atoms. The van der Waals surface area contributed by atoms with Crippen LogP contribution in [-0.2, 0) is 0 Å². The Morgan fingerprint density at radius 1 is 1.60 bits per heavy atom. The van der Waals surface area contributed by atoms with E-state index in [9.17, 15) is 4.39 Å². The van der Waals surface area contributed by atoms with Gasteiger partial charge in [-0.2, -0.15) is 0 Å². The largest absolute Gasteiger partial charge is 0.299 e. The molecule has 1 saturated heterocycles. The Hall–Kier alpha value is 0.180. The number of halogens is 2. The van der Waals surface area contributed by atoms with Gasteiger partial charge in [0.05, 0.1) is 0 Å². The number of hydrogen-bond acceptors (Lipinski definition) is 1. The van der Waals surface area contributed by atoms with Crippen molar-refractivity contribution in [2.24, 2.45) is 0 Å². The average molecular weight is 166 g/mol. The molecule has 1 rings (SSSR count). The third-order valence-electron chi connectivity index (χ3n) is 1.85. The van der Waals surface area contributed by atoms with Crippen molar-refractivity contribution in [3.8, 4) is 0 Å². The summed E-state index contributed by atoms with van der Waals surface area (Å²) >= 11 is 5.88. The van der Waals surface area contributed by atoms with E-state index < -0.39 is 0 Å². The quantitative estimate of drug-likeness (QED) is 0.563. The van der Waals surface area contributed by atoms with E-state index in [2.05, 4.69) is 4.90 Å². The molecule has 1 nitrogen and oxygen atoms in total. The molecular weight excluding hydrogens is 153 g/mol. The molecule has 10 heavy (non-hydrogen) atoms. The third kappa shape index (κ3) is 2.43. The van der Waals surface area contributed by atoms with E-state index >= 15 is 0 Å². The predicted octanol–water partition coefficient (Wildman–Crippen LogP) is 1.66. The van der Waals surface area contributed by atoms with E-state index in [-0.39, 0.29) is 12.1 Å². The standard InChI is InChI=1S/C7H13ClFN/c8-7-2-1-4-10(6-7)5-3-9/h7H,1-6H2. The molecule has 1 heterocycles. The second kappa shape index (κ2) is 4.14. The van der Waals surface area contributed by atoms with Crippen LogP contribution in [0.4, 0.5) is 4.39 Å². The van der Waals surface area contributed by atoms with Crippen LogP contribution in [0, 0.1) is 0 Å². The fourth-order valence-corrected chi connectivity index (χ4v) is 1.67. The lowest BCUT2D eigenvalue weighted by Gasteiger charge is -2.28. The summed E-state index contributed by atoms with van der Waals surface area (Å²) in [4.78, 5) is 2.08. The Kier molecular flexibility index (Phi) is 3.43. The molecule has 0 N–H and O–H groups in total. The topological polar surface area (TPSA) is 3.24 Å². The molecule has 0 bridgehead atoms. The van der Waals surface area contributed by atoms with Gasteiger partial charge in [-0.1, -0.05) is 0 Å². The summed E-state index contributed by atoms with van der Waals surface area (Å²) in [6.45, 7) is 2.20. The third-order valence-corrected chi connectivity index (χ3v) is 2.20. The molecule has 0 amide bonds. The zero-order chi connectivity index (χ0) is 7.40. The molecule has 1 fully saturated rings. The van der Waals surface area contributed by atoms with Crippen molar-refractivity contribution in [2.45, 2.75) is 18.2 Å². The zero-order valence-corrected chi connectivity index (χ0v) is 6.78. The molecule has 0 radical (unpaired) electrons. The Morgan fingerprint density at radius 3 is 3.00 bits per heavy atom. The van der Waals surface area contributed by atoms with Crippen molar-refractivity contribution in [2.75, 3.05) is 26.3 Å². The lowest BCUT2D eigenvalue weighted by Crippen LogP contribution is -2.37. The molecule has 1 unspecified atom stereocenters. The Morgan fingerprint density at radius 2 is 2.40 bits per heavy atom. The molecule has 0 aromatic heterocycles. The van der Waals surface area contributed by atoms with Crippen LogP contribution in [0.25, 0.3) is 0 Å². The average Bonchev–Trinajstić information content (AvgIpc) is 1.88. The molecule has 60 valence electrons. The van der Waals surface area contributed by atoms with E-state index in [1.807, 2.05) is 0 Å². The summed E-state index contributed by atoms with van der Waals surface area (Å²) in [5.41, 5.74) is 0. The van der Waals surface area contributed by atoms with Gasteiger partial charge in [0, 0.05) is 18.5 Å². The maximum Gasteiger partial charge on any atom is 0.102 e. The minimum absolute atomic E-state index is 0.246. The van der Waals surface area contributed by atoms with Crippen LogP contribution in [0.15, 0.2) is 0 Å². The minimum atomic E-state index is -0.246. The first-order chi connectivity index (χ1) is 4.83. The van der Waals surface area contributed by atoms with Crippen molar-refractivity contribution in [3.63, 3.8) is 0 Å². The van der Waals surface area contributed by atoms with Crippen LogP contribution in [-0.4, -0.2) is 36.6 Å². The van der Waals surface area contributed by atoms with Gasteiger partial charge >= 0.3 is 0 Å². The number of alkyl halides is 2. The number of hydrogen-bond donors (Lipinski definition) is 0. The SMILES string of the molecule is FCCN1CCCC(Cl)C1. The summed E-state index contributed by atoms with van der Waals surface area (Å²) in [7, 11) is 0. The lowest BCUT2D eigenvalue weighted by atomic mass is 10.1. The second-order valence-corrected chi connectivity index (χ2v) is 3.35. The van der Waals surface area contributed by atoms with Crippen LogP contribution in [0.3, 0.4) is 0 Å². The highest BCUT2D eigenvalue weighted by atomic mass is 35.5. The van der Waals surface area contributed by atoms with E-state index in [1.54, 1.807) is 0 Å². The van der Waals surface area contributed by atoms with E-state index in [0.29, 0.717) is 6.54 Å². The summed E-state index contributed by atoms with van der Waals surface area (Å²) < 4.78 is 11.8. The number of likely N-dealkylation sites (tertiary alicyclic amines) is 1. The molecule has 0 saturated carbocycles. The minimum Gasteiger partial charge on any atom is -0.299 e. The summed E-state index contributed by atoms with van der Waals surface area (Å²) in [6, 6.07) is 0. The van der Waals surface area contributed by atoms with Crippen molar-refractivity contribution in [1.29, 1.82) is 0 Å². The first kappa shape index (κ1) is 8.28. The highest BCUT2D eigenvalue weighted by Crippen LogP contribution is 2.14. The zero-order valence-electron chi connectivity index (χ0n) is 6.02. The monoisotopic (exact) mass is 165 g/mol. The lowest BCUT2D eigenvalue weighted by molar-refractivity contribution is 0.213. The van der Waals surface area contributed by atoms with E-state index in [4.69, 9.17) is 11.6 Å². The molecule has 1 aliphatic rings. The Bertz CT molecular complexity index is 97.6. The van der Waals surface area contributed by atoms with Crippen LogP contribution < -0.4 is 0 Å². The number of nitrogens with zero attached hydrogens (tertiary/aromatic N) is 1. The predicted molar refractivity (Wildman–Crippen MR) is 41.3 cm³/mol.